The first-order chi connectivity index (χ1) is 10.8. The van der Waals surface area contributed by atoms with Crippen LogP contribution in [-0.2, 0) is 10.2 Å². The second kappa shape index (κ2) is 7.67. The SMILES string of the molecule is Cc1ccc(OCCCN2C[C@@H](C)O[C@@H](C)C2)c(C(C)(C)C)c1. The summed E-state index contributed by atoms with van der Waals surface area (Å²) >= 11 is 0. The molecule has 1 heterocycles. The van der Waals surface area contributed by atoms with Gasteiger partial charge >= 0.3 is 0 Å². The Labute approximate surface area is 142 Å². The second-order valence-electron chi connectivity index (χ2n) is 7.97. The van der Waals surface area contributed by atoms with Crippen LogP contribution in [0.1, 0.15) is 52.2 Å². The van der Waals surface area contributed by atoms with E-state index in [4.69, 9.17) is 9.47 Å². The zero-order valence-electron chi connectivity index (χ0n) is 15.7. The number of ether oxygens (including phenoxy) is 2. The lowest BCUT2D eigenvalue weighted by molar-refractivity contribution is -0.0686. The first-order valence-electron chi connectivity index (χ1n) is 8.87. The van der Waals surface area contributed by atoms with Crippen molar-refractivity contribution in [2.45, 2.75) is 65.6 Å². The van der Waals surface area contributed by atoms with Crippen molar-refractivity contribution in [2.75, 3.05) is 26.2 Å². The van der Waals surface area contributed by atoms with E-state index < -0.39 is 0 Å². The quantitative estimate of drug-likeness (QED) is 0.760. The molecule has 3 nitrogen and oxygen atoms in total. The molecule has 0 aromatic heterocycles. The monoisotopic (exact) mass is 319 g/mol. The minimum atomic E-state index is 0.108. The molecule has 1 aliphatic heterocycles. The van der Waals surface area contributed by atoms with Gasteiger partial charge in [0.1, 0.15) is 5.75 Å². The van der Waals surface area contributed by atoms with Crippen LogP contribution in [0.5, 0.6) is 5.75 Å². The maximum absolute atomic E-state index is 6.11. The highest BCUT2D eigenvalue weighted by molar-refractivity contribution is 5.41. The van der Waals surface area contributed by atoms with Crippen LogP contribution in [0.15, 0.2) is 18.2 Å². The van der Waals surface area contributed by atoms with E-state index in [-0.39, 0.29) is 5.41 Å². The number of rotatable bonds is 5. The lowest BCUT2D eigenvalue weighted by Crippen LogP contribution is -2.45. The molecule has 0 aliphatic carbocycles. The molecule has 1 fully saturated rings. The Bertz CT molecular complexity index is 497. The predicted molar refractivity (Wildman–Crippen MR) is 96.4 cm³/mol. The summed E-state index contributed by atoms with van der Waals surface area (Å²) in [5, 5.41) is 0. The lowest BCUT2D eigenvalue weighted by atomic mass is 9.85. The normalized spacial score (nSPS) is 23.0. The number of hydrogen-bond acceptors (Lipinski definition) is 3. The van der Waals surface area contributed by atoms with E-state index in [2.05, 4.69) is 64.6 Å². The molecule has 0 spiro atoms. The first-order valence-corrected chi connectivity index (χ1v) is 8.87. The summed E-state index contributed by atoms with van der Waals surface area (Å²) in [7, 11) is 0. The van der Waals surface area contributed by atoms with E-state index in [0.29, 0.717) is 12.2 Å². The van der Waals surface area contributed by atoms with Crippen molar-refractivity contribution in [3.05, 3.63) is 29.3 Å². The number of aryl methyl sites for hydroxylation is 1. The molecule has 0 amide bonds. The molecule has 1 aromatic carbocycles. The van der Waals surface area contributed by atoms with E-state index in [1.54, 1.807) is 0 Å². The summed E-state index contributed by atoms with van der Waals surface area (Å²) in [6.07, 6.45) is 1.73. The largest absolute Gasteiger partial charge is 0.493 e. The molecule has 0 N–H and O–H groups in total. The minimum Gasteiger partial charge on any atom is -0.493 e. The van der Waals surface area contributed by atoms with Crippen LogP contribution in [0, 0.1) is 6.92 Å². The molecule has 23 heavy (non-hydrogen) atoms. The summed E-state index contributed by atoms with van der Waals surface area (Å²) in [4.78, 5) is 2.49. The minimum absolute atomic E-state index is 0.108. The summed E-state index contributed by atoms with van der Waals surface area (Å²) in [5.74, 6) is 1.03. The number of morpholine rings is 1. The van der Waals surface area contributed by atoms with Crippen molar-refractivity contribution < 1.29 is 9.47 Å². The van der Waals surface area contributed by atoms with Crippen LogP contribution in [-0.4, -0.2) is 43.3 Å². The van der Waals surface area contributed by atoms with Crippen LogP contribution >= 0.6 is 0 Å². The van der Waals surface area contributed by atoms with E-state index in [0.717, 1.165) is 38.4 Å². The average Bonchev–Trinajstić information content (AvgIpc) is 2.42. The van der Waals surface area contributed by atoms with Gasteiger partial charge in [0.2, 0.25) is 0 Å². The molecule has 0 unspecified atom stereocenters. The number of benzene rings is 1. The molecule has 0 saturated carbocycles. The molecule has 1 aromatic rings. The fourth-order valence-electron chi connectivity index (χ4n) is 3.29. The second-order valence-corrected chi connectivity index (χ2v) is 7.97. The average molecular weight is 319 g/mol. The first kappa shape index (κ1) is 18.3. The van der Waals surface area contributed by atoms with Gasteiger partial charge in [-0.2, -0.15) is 0 Å². The third kappa shape index (κ3) is 5.50. The van der Waals surface area contributed by atoms with Crippen LogP contribution in [0.4, 0.5) is 0 Å². The third-order valence-corrected chi connectivity index (χ3v) is 4.31. The zero-order valence-corrected chi connectivity index (χ0v) is 15.7. The fourth-order valence-corrected chi connectivity index (χ4v) is 3.29. The maximum atomic E-state index is 6.11. The summed E-state index contributed by atoms with van der Waals surface area (Å²) in [6.45, 7) is 17.1. The summed E-state index contributed by atoms with van der Waals surface area (Å²) in [6, 6.07) is 6.51. The molecule has 1 saturated heterocycles. The molecule has 0 bridgehead atoms. The molecule has 2 atom stereocenters. The highest BCUT2D eigenvalue weighted by Crippen LogP contribution is 2.32. The molecule has 0 radical (unpaired) electrons. The third-order valence-electron chi connectivity index (χ3n) is 4.31. The van der Waals surface area contributed by atoms with Crippen molar-refractivity contribution in [1.82, 2.24) is 4.90 Å². The van der Waals surface area contributed by atoms with Gasteiger partial charge in [-0.15, -0.1) is 0 Å². The van der Waals surface area contributed by atoms with Gasteiger partial charge < -0.3 is 9.47 Å². The van der Waals surface area contributed by atoms with E-state index in [1.807, 2.05) is 0 Å². The molecular weight excluding hydrogens is 286 g/mol. The van der Waals surface area contributed by atoms with Crippen molar-refractivity contribution in [3.8, 4) is 5.75 Å². The Morgan fingerprint density at radius 3 is 2.43 bits per heavy atom. The molecule has 2 rings (SSSR count). The number of hydrogen-bond donors (Lipinski definition) is 0. The zero-order chi connectivity index (χ0) is 17.0. The van der Waals surface area contributed by atoms with Crippen LogP contribution in [0.3, 0.4) is 0 Å². The molecule has 3 heteroatoms. The van der Waals surface area contributed by atoms with Gasteiger partial charge in [0.25, 0.3) is 0 Å². The Hall–Kier alpha value is -1.06. The smallest absolute Gasteiger partial charge is 0.123 e. The Balaban J connectivity index is 1.85. The van der Waals surface area contributed by atoms with Gasteiger partial charge in [0, 0.05) is 19.6 Å². The molecular formula is C20H33NO2. The maximum Gasteiger partial charge on any atom is 0.123 e. The van der Waals surface area contributed by atoms with Crippen LogP contribution in [0.25, 0.3) is 0 Å². The van der Waals surface area contributed by atoms with Crippen LogP contribution < -0.4 is 4.74 Å². The van der Waals surface area contributed by atoms with Crippen molar-refractivity contribution in [3.63, 3.8) is 0 Å². The Morgan fingerprint density at radius 1 is 1.17 bits per heavy atom. The van der Waals surface area contributed by atoms with E-state index in [1.165, 1.54) is 11.1 Å². The molecule has 1 aliphatic rings. The number of nitrogens with zero attached hydrogens (tertiary/aromatic N) is 1. The van der Waals surface area contributed by atoms with Gasteiger partial charge in [0.05, 0.1) is 18.8 Å². The van der Waals surface area contributed by atoms with Gasteiger partial charge in [-0.05, 0) is 44.2 Å². The van der Waals surface area contributed by atoms with Crippen molar-refractivity contribution in [2.24, 2.45) is 0 Å². The van der Waals surface area contributed by atoms with Gasteiger partial charge in [-0.25, -0.2) is 0 Å². The highest BCUT2D eigenvalue weighted by atomic mass is 16.5. The van der Waals surface area contributed by atoms with Gasteiger partial charge in [0.15, 0.2) is 0 Å². The predicted octanol–water partition coefficient (Wildman–Crippen LogP) is 4.17. The standard InChI is InChI=1S/C20H33NO2/c1-15-8-9-19(18(12-15)20(4,5)6)22-11-7-10-21-13-16(2)23-17(3)14-21/h8-9,12,16-17H,7,10-11,13-14H2,1-6H3/t16-,17+. The Kier molecular flexibility index (Phi) is 6.10. The fraction of sp³-hybridized carbons (Fsp3) is 0.700. The van der Waals surface area contributed by atoms with Gasteiger partial charge in [-0.1, -0.05) is 38.5 Å². The topological polar surface area (TPSA) is 21.7 Å². The lowest BCUT2D eigenvalue weighted by Gasteiger charge is -2.35. The molecule has 130 valence electrons. The van der Waals surface area contributed by atoms with E-state index in [9.17, 15) is 0 Å². The van der Waals surface area contributed by atoms with Crippen LogP contribution in [0.2, 0.25) is 0 Å². The van der Waals surface area contributed by atoms with Crippen molar-refractivity contribution in [1.29, 1.82) is 0 Å². The van der Waals surface area contributed by atoms with Crippen molar-refractivity contribution >= 4 is 0 Å². The van der Waals surface area contributed by atoms with E-state index >= 15 is 0 Å². The Morgan fingerprint density at radius 2 is 1.83 bits per heavy atom. The summed E-state index contributed by atoms with van der Waals surface area (Å²) in [5.41, 5.74) is 2.70. The van der Waals surface area contributed by atoms with Gasteiger partial charge in [-0.3, -0.25) is 4.90 Å². The highest BCUT2D eigenvalue weighted by Gasteiger charge is 2.22. The summed E-state index contributed by atoms with van der Waals surface area (Å²) < 4.78 is 11.9.